The minimum Gasteiger partial charge on any atom is -0.371 e. The molecular formula is C24H29N3O. The number of hydrogen-bond donors (Lipinski definition) is 1. The maximum absolute atomic E-state index is 13.1. The Bertz CT molecular complexity index is 928. The van der Waals surface area contributed by atoms with E-state index in [1.54, 1.807) is 0 Å². The molecule has 4 nitrogen and oxygen atoms in total. The number of rotatable bonds is 5. The van der Waals surface area contributed by atoms with E-state index in [0.29, 0.717) is 11.6 Å². The van der Waals surface area contributed by atoms with Gasteiger partial charge in [-0.25, -0.2) is 0 Å². The normalized spacial score (nSPS) is 17.1. The van der Waals surface area contributed by atoms with Crippen LogP contribution in [0.4, 0.5) is 5.69 Å². The number of carbonyl (C=O) groups excluding carboxylic acids is 1. The Morgan fingerprint density at radius 2 is 1.96 bits per heavy atom. The molecular weight excluding hydrogens is 346 g/mol. The number of benzene rings is 2. The highest BCUT2D eigenvalue weighted by Gasteiger charge is 2.25. The number of aryl methyl sites for hydroxylation is 1. The van der Waals surface area contributed by atoms with Gasteiger partial charge in [0.2, 0.25) is 0 Å². The highest BCUT2D eigenvalue weighted by Crippen LogP contribution is 2.27. The van der Waals surface area contributed by atoms with Gasteiger partial charge < -0.3 is 14.8 Å². The second-order valence-electron chi connectivity index (χ2n) is 7.85. The third-order valence-electron chi connectivity index (χ3n) is 5.88. The molecule has 0 radical (unpaired) electrons. The molecule has 1 fully saturated rings. The van der Waals surface area contributed by atoms with Crippen LogP contribution in [0.5, 0.6) is 0 Å². The van der Waals surface area contributed by atoms with Gasteiger partial charge in [0.25, 0.3) is 5.91 Å². The molecule has 0 saturated carbocycles. The molecule has 1 aliphatic heterocycles. The van der Waals surface area contributed by atoms with E-state index >= 15 is 0 Å². The molecule has 0 spiro atoms. The van der Waals surface area contributed by atoms with Gasteiger partial charge in [0.15, 0.2) is 0 Å². The Balaban J connectivity index is 1.46. The number of amides is 1. The predicted octanol–water partition coefficient (Wildman–Crippen LogP) is 4.86. The lowest BCUT2D eigenvalue weighted by Crippen LogP contribution is -2.43. The summed E-state index contributed by atoms with van der Waals surface area (Å²) in [5.74, 6) is 0.605. The van der Waals surface area contributed by atoms with Gasteiger partial charge in [-0.3, -0.25) is 4.79 Å². The van der Waals surface area contributed by atoms with Gasteiger partial charge in [0, 0.05) is 42.8 Å². The second-order valence-corrected chi connectivity index (χ2v) is 7.85. The van der Waals surface area contributed by atoms with E-state index in [2.05, 4.69) is 48.0 Å². The number of para-hydroxylation sites is 2. The van der Waals surface area contributed by atoms with Crippen LogP contribution in [0.2, 0.25) is 0 Å². The van der Waals surface area contributed by atoms with Crippen molar-refractivity contribution >= 4 is 22.5 Å². The summed E-state index contributed by atoms with van der Waals surface area (Å²) in [5.41, 5.74) is 4.36. The van der Waals surface area contributed by atoms with E-state index in [-0.39, 0.29) is 5.91 Å². The zero-order chi connectivity index (χ0) is 19.5. The number of aromatic amines is 1. The number of anilines is 1. The summed E-state index contributed by atoms with van der Waals surface area (Å²) in [7, 11) is 0. The Hall–Kier alpha value is -2.75. The van der Waals surface area contributed by atoms with Gasteiger partial charge in [-0.15, -0.1) is 0 Å². The highest BCUT2D eigenvalue weighted by molar-refractivity contribution is 5.98. The smallest absolute Gasteiger partial charge is 0.270 e. The van der Waals surface area contributed by atoms with Crippen molar-refractivity contribution in [3.05, 3.63) is 65.9 Å². The van der Waals surface area contributed by atoms with Crippen molar-refractivity contribution in [2.24, 2.45) is 5.92 Å². The van der Waals surface area contributed by atoms with Crippen LogP contribution in [0.25, 0.3) is 10.9 Å². The SMILES string of the molecule is CCN(CC1CCCN(c2ccccc2C)C1)C(=O)c1cc2ccccc2[nH]1. The Morgan fingerprint density at radius 3 is 2.75 bits per heavy atom. The van der Waals surface area contributed by atoms with Crippen LogP contribution >= 0.6 is 0 Å². The molecule has 1 amide bonds. The number of nitrogens with one attached hydrogen (secondary N) is 1. The molecule has 28 heavy (non-hydrogen) atoms. The van der Waals surface area contributed by atoms with Gasteiger partial charge >= 0.3 is 0 Å². The molecule has 1 aromatic heterocycles. The largest absolute Gasteiger partial charge is 0.371 e. The van der Waals surface area contributed by atoms with Crippen molar-refractivity contribution in [1.29, 1.82) is 0 Å². The average molecular weight is 376 g/mol. The molecule has 1 N–H and O–H groups in total. The molecule has 1 saturated heterocycles. The lowest BCUT2D eigenvalue weighted by Gasteiger charge is -2.37. The van der Waals surface area contributed by atoms with Crippen molar-refractivity contribution in [3.63, 3.8) is 0 Å². The Labute approximate surface area is 167 Å². The highest BCUT2D eigenvalue weighted by atomic mass is 16.2. The van der Waals surface area contributed by atoms with Gasteiger partial charge in [0.05, 0.1) is 0 Å². The van der Waals surface area contributed by atoms with Crippen LogP contribution in [-0.4, -0.2) is 42.0 Å². The number of aromatic nitrogens is 1. The first-order chi connectivity index (χ1) is 13.7. The maximum atomic E-state index is 13.1. The zero-order valence-electron chi connectivity index (χ0n) is 16.8. The topological polar surface area (TPSA) is 39.3 Å². The van der Waals surface area contributed by atoms with E-state index in [4.69, 9.17) is 0 Å². The van der Waals surface area contributed by atoms with E-state index in [1.165, 1.54) is 24.1 Å². The van der Waals surface area contributed by atoms with Crippen LogP contribution in [0, 0.1) is 12.8 Å². The van der Waals surface area contributed by atoms with E-state index in [9.17, 15) is 4.79 Å². The summed E-state index contributed by atoms with van der Waals surface area (Å²) in [5, 5.41) is 1.09. The van der Waals surface area contributed by atoms with Crippen LogP contribution < -0.4 is 4.90 Å². The number of piperidine rings is 1. The molecule has 0 aliphatic carbocycles. The molecule has 146 valence electrons. The van der Waals surface area contributed by atoms with Crippen molar-refractivity contribution in [3.8, 4) is 0 Å². The Morgan fingerprint density at radius 1 is 1.18 bits per heavy atom. The van der Waals surface area contributed by atoms with Crippen LogP contribution in [0.15, 0.2) is 54.6 Å². The minimum absolute atomic E-state index is 0.103. The van der Waals surface area contributed by atoms with Crippen LogP contribution in [-0.2, 0) is 0 Å². The fraction of sp³-hybridized carbons (Fsp3) is 0.375. The van der Waals surface area contributed by atoms with Gasteiger partial charge in [0.1, 0.15) is 5.69 Å². The number of nitrogens with zero attached hydrogens (tertiary/aromatic N) is 2. The van der Waals surface area contributed by atoms with Crippen LogP contribution in [0.3, 0.4) is 0 Å². The molecule has 2 heterocycles. The summed E-state index contributed by atoms with van der Waals surface area (Å²) < 4.78 is 0. The first-order valence-electron chi connectivity index (χ1n) is 10.3. The molecule has 0 bridgehead atoms. The second kappa shape index (κ2) is 8.09. The molecule has 2 aromatic carbocycles. The van der Waals surface area contributed by atoms with Gasteiger partial charge in [-0.2, -0.15) is 0 Å². The quantitative estimate of drug-likeness (QED) is 0.692. The van der Waals surface area contributed by atoms with Crippen molar-refractivity contribution in [1.82, 2.24) is 9.88 Å². The van der Waals surface area contributed by atoms with E-state index in [0.717, 1.165) is 37.1 Å². The average Bonchev–Trinajstić information content (AvgIpc) is 3.16. The molecule has 4 rings (SSSR count). The third kappa shape index (κ3) is 3.77. The summed E-state index contributed by atoms with van der Waals surface area (Å²) in [6, 6.07) is 18.6. The summed E-state index contributed by atoms with van der Waals surface area (Å²) >= 11 is 0. The molecule has 1 atom stereocenters. The lowest BCUT2D eigenvalue weighted by atomic mass is 9.96. The van der Waals surface area contributed by atoms with Crippen LogP contribution in [0.1, 0.15) is 35.8 Å². The van der Waals surface area contributed by atoms with Gasteiger partial charge in [-0.1, -0.05) is 36.4 Å². The van der Waals surface area contributed by atoms with Crippen molar-refractivity contribution in [2.45, 2.75) is 26.7 Å². The summed E-state index contributed by atoms with van der Waals surface area (Å²) in [6.07, 6.45) is 2.36. The Kier molecular flexibility index (Phi) is 5.38. The zero-order valence-corrected chi connectivity index (χ0v) is 16.8. The van der Waals surface area contributed by atoms with Crippen molar-refractivity contribution in [2.75, 3.05) is 31.1 Å². The summed E-state index contributed by atoms with van der Waals surface area (Å²) in [4.78, 5) is 20.9. The standard InChI is InChI=1S/C24H29N3O/c1-3-26(24(28)22-15-20-11-5-6-12-21(20)25-22)16-19-10-8-14-27(17-19)23-13-7-4-9-18(23)2/h4-7,9,11-13,15,19,25H,3,8,10,14,16-17H2,1-2H3. The summed E-state index contributed by atoms with van der Waals surface area (Å²) in [6.45, 7) is 7.91. The number of carbonyl (C=O) groups is 1. The minimum atomic E-state index is 0.103. The number of H-pyrrole nitrogens is 1. The van der Waals surface area contributed by atoms with Gasteiger partial charge in [-0.05, 0) is 56.4 Å². The number of hydrogen-bond acceptors (Lipinski definition) is 2. The van der Waals surface area contributed by atoms with E-state index < -0.39 is 0 Å². The molecule has 4 heteroatoms. The third-order valence-corrected chi connectivity index (χ3v) is 5.88. The number of fused-ring (bicyclic) bond motifs is 1. The molecule has 1 aliphatic rings. The lowest BCUT2D eigenvalue weighted by molar-refractivity contribution is 0.0727. The predicted molar refractivity (Wildman–Crippen MR) is 116 cm³/mol. The molecule has 1 unspecified atom stereocenters. The van der Waals surface area contributed by atoms with E-state index in [1.807, 2.05) is 35.2 Å². The fourth-order valence-corrected chi connectivity index (χ4v) is 4.38. The molecule has 3 aromatic rings. The fourth-order valence-electron chi connectivity index (χ4n) is 4.38. The maximum Gasteiger partial charge on any atom is 0.270 e. The first-order valence-corrected chi connectivity index (χ1v) is 10.3. The first kappa shape index (κ1) is 18.6. The van der Waals surface area contributed by atoms with Crippen molar-refractivity contribution < 1.29 is 4.79 Å². The monoisotopic (exact) mass is 375 g/mol.